The Hall–Kier alpha value is -1.42. The average Bonchev–Trinajstić information content (AvgIpc) is 2.17. The second-order valence-corrected chi connectivity index (χ2v) is 7.23. The molecule has 88 valence electrons. The molecule has 0 unspecified atom stereocenters. The molecule has 0 radical (unpaired) electrons. The normalized spacial score (nSPS) is 11.9. The van der Waals surface area contributed by atoms with Crippen LogP contribution in [0.1, 0.15) is 6.92 Å². The minimum absolute atomic E-state index is 0.348. The van der Waals surface area contributed by atoms with Crippen LogP contribution in [0.3, 0.4) is 0 Å². The van der Waals surface area contributed by atoms with Crippen molar-refractivity contribution in [1.29, 1.82) is 0 Å². The van der Waals surface area contributed by atoms with E-state index in [2.05, 4.69) is 6.58 Å². The Labute approximate surface area is 96.5 Å². The van der Waals surface area contributed by atoms with E-state index in [9.17, 15) is 9.00 Å². The van der Waals surface area contributed by atoms with Gasteiger partial charge in [-0.25, -0.2) is 4.79 Å². The van der Waals surface area contributed by atoms with Crippen LogP contribution in [0, 0.1) is 0 Å². The lowest BCUT2D eigenvalue weighted by molar-refractivity contribution is -0.130. The van der Waals surface area contributed by atoms with E-state index in [1.54, 1.807) is 43.7 Å². The van der Waals surface area contributed by atoms with Gasteiger partial charge in [0.05, 0.1) is 0 Å². The lowest BCUT2D eigenvalue weighted by Crippen LogP contribution is -2.09. The molecule has 0 atom stereocenters. The third-order valence-electron chi connectivity index (χ3n) is 2.02. The summed E-state index contributed by atoms with van der Waals surface area (Å²) in [6.07, 6.45) is 3.39. The predicted molar refractivity (Wildman–Crippen MR) is 66.5 cm³/mol. The summed E-state index contributed by atoms with van der Waals surface area (Å²) in [6.45, 7) is 5.08. The summed E-state index contributed by atoms with van der Waals surface area (Å²) in [6, 6.07) is 6.69. The Morgan fingerprint density at radius 2 is 1.75 bits per heavy atom. The molecule has 1 aromatic carbocycles. The number of rotatable bonds is 3. The number of hydrogen-bond donors (Lipinski definition) is 1. The molecule has 0 fully saturated rings. The number of esters is 1. The lowest BCUT2D eigenvalue weighted by atomic mass is 10.3. The van der Waals surface area contributed by atoms with Crippen molar-refractivity contribution in [3.05, 3.63) is 36.4 Å². The maximum Gasteiger partial charge on any atom is 0.338 e. The summed E-state index contributed by atoms with van der Waals surface area (Å²) in [7, 11) is -2.25. The van der Waals surface area contributed by atoms with Crippen molar-refractivity contribution in [2.75, 3.05) is 12.5 Å². The fraction of sp³-hybridized carbons (Fsp3) is 0.250. The molecular formula is C12H16O3S. The van der Waals surface area contributed by atoms with Gasteiger partial charge >= 0.3 is 5.97 Å². The first-order valence-electron chi connectivity index (χ1n) is 4.84. The molecule has 0 saturated heterocycles. The van der Waals surface area contributed by atoms with Crippen LogP contribution in [0.25, 0.3) is 0 Å². The highest BCUT2D eigenvalue weighted by atomic mass is 32.2. The Bertz CT molecular complexity index is 454. The minimum Gasteiger partial charge on any atom is -0.423 e. The van der Waals surface area contributed by atoms with Crippen LogP contribution in [0.15, 0.2) is 41.3 Å². The number of thiol groups is 1. The standard InChI is InChI=1S/C12H16O3S/c1-9(2)12(13)15-10-5-7-11(8-6-10)16(3,4)14/h5-8,16H,1H2,2-4H3. The summed E-state index contributed by atoms with van der Waals surface area (Å²) < 4.78 is 16.8. The third-order valence-corrected chi connectivity index (χ3v) is 3.56. The van der Waals surface area contributed by atoms with Crippen LogP contribution in [-0.4, -0.2) is 22.7 Å². The zero-order valence-corrected chi connectivity index (χ0v) is 10.6. The van der Waals surface area contributed by atoms with Crippen LogP contribution in [-0.2, 0) is 14.7 Å². The van der Waals surface area contributed by atoms with Crippen LogP contribution in [0.2, 0.25) is 0 Å². The average molecular weight is 240 g/mol. The second kappa shape index (κ2) is 4.61. The molecule has 16 heavy (non-hydrogen) atoms. The molecule has 0 heterocycles. The first kappa shape index (κ1) is 12.6. The van der Waals surface area contributed by atoms with Gasteiger partial charge < -0.3 is 4.74 Å². The predicted octanol–water partition coefficient (Wildman–Crippen LogP) is 1.80. The Morgan fingerprint density at radius 3 is 2.12 bits per heavy atom. The summed E-state index contributed by atoms with van der Waals surface area (Å²) in [5.74, 6) is -0.0193. The maximum absolute atomic E-state index is 11.7. The molecule has 0 bridgehead atoms. The number of hydrogen-bond acceptors (Lipinski definition) is 3. The van der Waals surface area contributed by atoms with E-state index >= 15 is 0 Å². The minimum atomic E-state index is -2.25. The highest BCUT2D eigenvalue weighted by molar-refractivity contribution is 8.01. The molecule has 0 aliphatic rings. The topological polar surface area (TPSA) is 43.4 Å². The van der Waals surface area contributed by atoms with E-state index in [1.807, 2.05) is 0 Å². The summed E-state index contributed by atoms with van der Waals surface area (Å²) in [4.78, 5) is 12.0. The van der Waals surface area contributed by atoms with Gasteiger partial charge in [-0.15, -0.1) is 0 Å². The Morgan fingerprint density at radius 1 is 1.25 bits per heavy atom. The van der Waals surface area contributed by atoms with Gasteiger partial charge in [0.1, 0.15) is 5.75 Å². The number of benzene rings is 1. The Balaban J connectivity index is 2.84. The quantitative estimate of drug-likeness (QED) is 0.379. The summed E-state index contributed by atoms with van der Waals surface area (Å²) >= 11 is 0. The first-order chi connectivity index (χ1) is 7.30. The van der Waals surface area contributed by atoms with Gasteiger partial charge in [0.15, 0.2) is 0 Å². The highest BCUT2D eigenvalue weighted by Crippen LogP contribution is 2.19. The van der Waals surface area contributed by atoms with E-state index < -0.39 is 15.9 Å². The van der Waals surface area contributed by atoms with Crippen molar-refractivity contribution in [1.82, 2.24) is 0 Å². The van der Waals surface area contributed by atoms with Crippen molar-refractivity contribution in [2.24, 2.45) is 0 Å². The molecule has 0 aromatic heterocycles. The number of ether oxygens (including phenoxy) is 1. The van der Waals surface area contributed by atoms with Gasteiger partial charge in [-0.05, 0) is 43.7 Å². The zero-order valence-electron chi connectivity index (χ0n) is 9.69. The molecule has 0 aliphatic carbocycles. The smallest absolute Gasteiger partial charge is 0.338 e. The Kier molecular flexibility index (Phi) is 3.65. The second-order valence-electron chi connectivity index (χ2n) is 4.01. The lowest BCUT2D eigenvalue weighted by Gasteiger charge is -2.12. The zero-order chi connectivity index (χ0) is 12.3. The van der Waals surface area contributed by atoms with Crippen molar-refractivity contribution in [3.63, 3.8) is 0 Å². The van der Waals surface area contributed by atoms with Gasteiger partial charge in [-0.1, -0.05) is 16.5 Å². The molecule has 3 nitrogen and oxygen atoms in total. The molecule has 0 spiro atoms. The fourth-order valence-corrected chi connectivity index (χ4v) is 1.93. The summed E-state index contributed by atoms with van der Waals surface area (Å²) in [5.41, 5.74) is 0.348. The van der Waals surface area contributed by atoms with E-state index in [0.29, 0.717) is 11.3 Å². The van der Waals surface area contributed by atoms with Crippen LogP contribution >= 0.6 is 0 Å². The van der Waals surface area contributed by atoms with Gasteiger partial charge in [0, 0.05) is 10.5 Å². The molecule has 4 heteroatoms. The third kappa shape index (κ3) is 3.31. The highest BCUT2D eigenvalue weighted by Gasteiger charge is 2.07. The maximum atomic E-state index is 11.7. The molecular weight excluding hydrogens is 224 g/mol. The van der Waals surface area contributed by atoms with E-state index in [1.165, 1.54) is 0 Å². The van der Waals surface area contributed by atoms with Crippen molar-refractivity contribution >= 4 is 15.9 Å². The fourth-order valence-electron chi connectivity index (χ4n) is 1.07. The number of carbonyl (C=O) groups is 1. The van der Waals surface area contributed by atoms with Gasteiger partial charge in [-0.3, -0.25) is 4.21 Å². The van der Waals surface area contributed by atoms with Crippen LogP contribution < -0.4 is 4.74 Å². The van der Waals surface area contributed by atoms with Crippen molar-refractivity contribution in [3.8, 4) is 5.75 Å². The van der Waals surface area contributed by atoms with Crippen molar-refractivity contribution < 1.29 is 13.7 Å². The molecule has 1 rings (SSSR count). The molecule has 0 saturated carbocycles. The van der Waals surface area contributed by atoms with Gasteiger partial charge in [0.25, 0.3) is 0 Å². The monoisotopic (exact) mass is 240 g/mol. The van der Waals surface area contributed by atoms with E-state index in [-0.39, 0.29) is 0 Å². The van der Waals surface area contributed by atoms with E-state index in [4.69, 9.17) is 4.74 Å². The summed E-state index contributed by atoms with van der Waals surface area (Å²) in [5, 5.41) is 0. The first-order valence-corrected chi connectivity index (χ1v) is 7.44. The van der Waals surface area contributed by atoms with Gasteiger partial charge in [-0.2, -0.15) is 0 Å². The van der Waals surface area contributed by atoms with Crippen LogP contribution in [0.4, 0.5) is 0 Å². The molecule has 1 aromatic rings. The van der Waals surface area contributed by atoms with Crippen molar-refractivity contribution in [2.45, 2.75) is 11.8 Å². The number of carbonyl (C=O) groups excluding carboxylic acids is 1. The van der Waals surface area contributed by atoms with E-state index in [0.717, 1.165) is 4.90 Å². The molecule has 0 N–H and O–H groups in total. The molecule has 0 aliphatic heterocycles. The molecule has 0 amide bonds. The van der Waals surface area contributed by atoms with Gasteiger partial charge in [0.2, 0.25) is 0 Å². The van der Waals surface area contributed by atoms with Crippen LogP contribution in [0.5, 0.6) is 5.75 Å². The SMILES string of the molecule is C=C(C)C(=O)Oc1ccc([SH](C)(C)=O)cc1. The largest absolute Gasteiger partial charge is 0.423 e.